The summed E-state index contributed by atoms with van der Waals surface area (Å²) in [6.45, 7) is 4.21. The maximum Gasteiger partial charge on any atom is 0.111 e. The molecule has 2 aromatic rings. The Balaban J connectivity index is 2.10. The summed E-state index contributed by atoms with van der Waals surface area (Å²) in [4.78, 5) is 3.04. The highest BCUT2D eigenvalue weighted by atomic mass is 32.1. The van der Waals surface area contributed by atoms with Crippen molar-refractivity contribution < 1.29 is 0 Å². The van der Waals surface area contributed by atoms with Crippen LogP contribution in [0.2, 0.25) is 0 Å². The van der Waals surface area contributed by atoms with Gasteiger partial charge in [0.15, 0.2) is 0 Å². The van der Waals surface area contributed by atoms with Crippen LogP contribution in [0.25, 0.3) is 10.9 Å². The molecule has 1 fully saturated rings. The first-order valence-corrected chi connectivity index (χ1v) is 7.85. The smallest absolute Gasteiger partial charge is 0.111 e. The fourth-order valence-electron chi connectivity index (χ4n) is 3.17. The normalized spacial score (nSPS) is 33.9. The number of hydrogen-bond acceptors (Lipinski definition) is 3. The van der Waals surface area contributed by atoms with Crippen molar-refractivity contribution >= 4 is 44.0 Å². The molecule has 3 unspecified atom stereocenters. The molecule has 0 bridgehead atoms. The van der Waals surface area contributed by atoms with Crippen LogP contribution in [0.1, 0.15) is 37.3 Å². The van der Waals surface area contributed by atoms with E-state index in [0.717, 1.165) is 18.4 Å². The lowest BCUT2D eigenvalue weighted by atomic mass is 9.79. The van der Waals surface area contributed by atoms with Gasteiger partial charge >= 0.3 is 0 Å². The van der Waals surface area contributed by atoms with Gasteiger partial charge in [0.25, 0.3) is 0 Å². The molecule has 0 aliphatic carbocycles. The molecule has 3 atom stereocenters. The van der Waals surface area contributed by atoms with Crippen LogP contribution in [0, 0.1) is 0 Å². The molecule has 2 radical (unpaired) electrons. The molecule has 0 spiro atoms. The summed E-state index contributed by atoms with van der Waals surface area (Å²) < 4.78 is -0.742. The van der Waals surface area contributed by atoms with Gasteiger partial charge in [-0.2, -0.15) is 25.3 Å². The van der Waals surface area contributed by atoms with Crippen molar-refractivity contribution in [2.75, 3.05) is 0 Å². The Labute approximate surface area is 132 Å². The van der Waals surface area contributed by atoms with Crippen molar-refractivity contribution in [1.82, 2.24) is 10.3 Å². The summed E-state index contributed by atoms with van der Waals surface area (Å²) in [6.07, 6.45) is 3.94. The van der Waals surface area contributed by atoms with Gasteiger partial charge in [-0.1, -0.05) is 13.0 Å². The molecule has 2 nitrogen and oxygen atoms in total. The molecule has 5 heteroatoms. The van der Waals surface area contributed by atoms with Crippen LogP contribution in [0.3, 0.4) is 0 Å². The van der Waals surface area contributed by atoms with Gasteiger partial charge in [0.1, 0.15) is 7.85 Å². The lowest BCUT2D eigenvalue weighted by Crippen LogP contribution is -2.44. The first-order chi connectivity index (χ1) is 9.32. The summed E-state index contributed by atoms with van der Waals surface area (Å²) >= 11 is 9.26. The highest BCUT2D eigenvalue weighted by Crippen LogP contribution is 2.46. The topological polar surface area (TPSA) is 27.8 Å². The third-order valence-electron chi connectivity index (χ3n) is 4.16. The maximum atomic E-state index is 6.34. The Morgan fingerprint density at radius 1 is 1.40 bits per heavy atom. The molecule has 2 heterocycles. The first kappa shape index (κ1) is 14.4. The highest BCUT2D eigenvalue weighted by Gasteiger charge is 2.46. The van der Waals surface area contributed by atoms with E-state index in [1.165, 1.54) is 16.5 Å². The van der Waals surface area contributed by atoms with E-state index < -0.39 is 4.77 Å². The molecule has 1 aliphatic rings. The Morgan fingerprint density at radius 3 is 2.75 bits per heavy atom. The zero-order chi connectivity index (χ0) is 14.5. The van der Waals surface area contributed by atoms with E-state index in [0.29, 0.717) is 0 Å². The van der Waals surface area contributed by atoms with Crippen LogP contribution < -0.4 is 5.32 Å². The summed E-state index contributed by atoms with van der Waals surface area (Å²) in [6, 6.07) is 6.55. The van der Waals surface area contributed by atoms with Gasteiger partial charge in [-0.25, -0.2) is 0 Å². The summed E-state index contributed by atoms with van der Waals surface area (Å²) in [5.74, 6) is 0.120. The molecule has 1 aromatic heterocycles. The van der Waals surface area contributed by atoms with Gasteiger partial charge in [-0.3, -0.25) is 5.32 Å². The third-order valence-corrected chi connectivity index (χ3v) is 4.88. The summed E-state index contributed by atoms with van der Waals surface area (Å²) in [5.41, 5.74) is 3.70. The van der Waals surface area contributed by atoms with Crippen LogP contribution in [0.4, 0.5) is 0 Å². The minimum Gasteiger partial charge on any atom is -0.361 e. The van der Waals surface area contributed by atoms with Crippen molar-refractivity contribution in [3.05, 3.63) is 35.5 Å². The second-order valence-electron chi connectivity index (χ2n) is 5.96. The summed E-state index contributed by atoms with van der Waals surface area (Å²) in [7, 11) is 6.34. The van der Waals surface area contributed by atoms with E-state index in [9.17, 15) is 0 Å². The third kappa shape index (κ3) is 2.40. The maximum absolute atomic E-state index is 6.34. The van der Waals surface area contributed by atoms with Crippen molar-refractivity contribution in [2.45, 2.75) is 42.2 Å². The SMILES string of the molecule is [B]C1(S)NC(C)(S)CC1c1c[nH]c2ccc(CC)cc12. The minimum absolute atomic E-state index is 0.120. The van der Waals surface area contributed by atoms with Crippen LogP contribution in [0.15, 0.2) is 24.4 Å². The largest absolute Gasteiger partial charge is 0.361 e. The highest BCUT2D eigenvalue weighted by molar-refractivity contribution is 7.84. The number of aryl methyl sites for hydroxylation is 1. The van der Waals surface area contributed by atoms with E-state index in [1.807, 2.05) is 6.92 Å². The van der Waals surface area contributed by atoms with Crippen molar-refractivity contribution in [3.8, 4) is 0 Å². The number of benzene rings is 1. The van der Waals surface area contributed by atoms with Crippen molar-refractivity contribution in [3.63, 3.8) is 0 Å². The predicted molar refractivity (Wildman–Crippen MR) is 93.0 cm³/mol. The quantitative estimate of drug-likeness (QED) is 0.498. The number of H-pyrrole nitrogens is 1. The Kier molecular flexibility index (Phi) is 3.43. The monoisotopic (exact) mass is 302 g/mol. The second kappa shape index (κ2) is 4.75. The number of fused-ring (bicyclic) bond motifs is 1. The molecule has 3 rings (SSSR count). The fraction of sp³-hybridized carbons (Fsp3) is 0.467. The van der Waals surface area contributed by atoms with Gasteiger partial charge in [-0.05, 0) is 43.0 Å². The van der Waals surface area contributed by atoms with E-state index >= 15 is 0 Å². The number of hydrogen-bond donors (Lipinski definition) is 4. The van der Waals surface area contributed by atoms with Crippen LogP contribution in [-0.2, 0) is 6.42 Å². The van der Waals surface area contributed by atoms with Crippen LogP contribution in [0.5, 0.6) is 0 Å². The lowest BCUT2D eigenvalue weighted by molar-refractivity contribution is 0.584. The van der Waals surface area contributed by atoms with Crippen LogP contribution >= 0.6 is 25.3 Å². The van der Waals surface area contributed by atoms with Gasteiger partial charge < -0.3 is 4.98 Å². The van der Waals surface area contributed by atoms with Gasteiger partial charge in [0.2, 0.25) is 0 Å². The molecule has 1 aliphatic heterocycles. The molecule has 0 saturated carbocycles. The van der Waals surface area contributed by atoms with Gasteiger partial charge in [0, 0.05) is 27.8 Å². The zero-order valence-electron chi connectivity index (χ0n) is 11.8. The van der Waals surface area contributed by atoms with Crippen molar-refractivity contribution in [2.24, 2.45) is 0 Å². The summed E-state index contributed by atoms with van der Waals surface area (Å²) in [5, 5.41) is 4.54. The second-order valence-corrected chi connectivity index (χ2v) is 7.69. The van der Waals surface area contributed by atoms with Crippen LogP contribution in [-0.4, -0.2) is 22.5 Å². The van der Waals surface area contributed by atoms with E-state index in [4.69, 9.17) is 7.85 Å². The predicted octanol–water partition coefficient (Wildman–Crippen LogP) is 3.21. The van der Waals surface area contributed by atoms with Gasteiger partial charge in [0.05, 0.1) is 4.87 Å². The lowest BCUT2D eigenvalue weighted by Gasteiger charge is -2.27. The number of aromatic amines is 1. The molecule has 2 N–H and O–H groups in total. The first-order valence-electron chi connectivity index (χ1n) is 6.95. The zero-order valence-corrected chi connectivity index (χ0v) is 13.6. The molecule has 1 saturated heterocycles. The average molecular weight is 302 g/mol. The van der Waals surface area contributed by atoms with Crippen molar-refractivity contribution in [1.29, 1.82) is 0 Å². The average Bonchev–Trinajstić information content (AvgIpc) is 2.85. The Morgan fingerprint density at radius 2 is 2.15 bits per heavy atom. The number of thiol groups is 2. The fourth-order valence-corrected chi connectivity index (χ4v) is 4.10. The number of aromatic nitrogens is 1. The number of rotatable bonds is 2. The van der Waals surface area contributed by atoms with E-state index in [2.05, 4.69) is 66.9 Å². The minimum atomic E-state index is -0.742. The molecular formula is C15H19BN2S2. The standard InChI is InChI=1S/C15H19BN2S2/c1-3-9-4-5-13-10(6-9)11(8-17-13)12-7-14(2,19)18-15(12,16)20/h4-6,8,12,17-20H,3,7H2,1-2H3. The van der Waals surface area contributed by atoms with E-state index in [1.54, 1.807) is 0 Å². The molecule has 0 amide bonds. The van der Waals surface area contributed by atoms with E-state index in [-0.39, 0.29) is 10.8 Å². The molecular weight excluding hydrogens is 283 g/mol. The number of nitrogens with one attached hydrogen (secondary N) is 2. The molecule has 1 aromatic carbocycles. The molecule has 20 heavy (non-hydrogen) atoms. The Hall–Kier alpha value is -0.515. The Bertz CT molecular complexity index is 648. The molecule has 104 valence electrons. The van der Waals surface area contributed by atoms with Gasteiger partial charge in [-0.15, -0.1) is 0 Å².